The SMILES string of the molecule is CC.CCc1cc2c(c(-c3cccc4cc(-c5ccc(C(=O)NCc6cccc(-c7cccc8c7CN(C7CCC(=O)NC7=O)C8=O)c6)nc5)ncc34)c1)NCCC(=O)N2. The largest absolute Gasteiger partial charge is 0.382 e. The molecule has 12 nitrogen and oxygen atoms in total. The fraction of sp³-hybridized carbons (Fsp3) is 0.229. The van der Waals surface area contributed by atoms with Gasteiger partial charge < -0.3 is 20.9 Å². The summed E-state index contributed by atoms with van der Waals surface area (Å²) in [6.45, 7) is 7.17. The second-order valence-electron chi connectivity index (χ2n) is 14.8. The van der Waals surface area contributed by atoms with Crippen LogP contribution in [-0.2, 0) is 33.9 Å². The first-order valence-corrected chi connectivity index (χ1v) is 20.4. The van der Waals surface area contributed by atoms with E-state index < -0.39 is 11.9 Å². The number of aromatic nitrogens is 2. The van der Waals surface area contributed by atoms with E-state index in [-0.39, 0.29) is 48.8 Å². The summed E-state index contributed by atoms with van der Waals surface area (Å²) in [7, 11) is 0. The molecule has 0 saturated carbocycles. The molecule has 4 N–H and O–H groups in total. The van der Waals surface area contributed by atoms with Gasteiger partial charge in [-0.15, -0.1) is 0 Å². The van der Waals surface area contributed by atoms with Crippen LogP contribution in [0.4, 0.5) is 11.4 Å². The molecule has 3 aliphatic heterocycles. The zero-order valence-corrected chi connectivity index (χ0v) is 33.7. The van der Waals surface area contributed by atoms with Gasteiger partial charge in [0.2, 0.25) is 17.7 Å². The summed E-state index contributed by atoms with van der Waals surface area (Å²) < 4.78 is 0. The molecule has 0 spiro atoms. The number of imide groups is 1. The van der Waals surface area contributed by atoms with Gasteiger partial charge in [-0.2, -0.15) is 0 Å². The van der Waals surface area contributed by atoms with Crippen molar-refractivity contribution in [3.63, 3.8) is 0 Å². The molecule has 1 atom stereocenters. The number of piperidine rings is 1. The van der Waals surface area contributed by atoms with E-state index in [1.807, 2.05) is 86.8 Å². The van der Waals surface area contributed by atoms with Crippen molar-refractivity contribution in [2.75, 3.05) is 17.2 Å². The molecule has 6 aromatic rings. The second-order valence-corrected chi connectivity index (χ2v) is 14.8. The Balaban J connectivity index is 0.00000246. The number of nitrogens with zero attached hydrogens (tertiary/aromatic N) is 3. The number of carbonyl (C=O) groups is 5. The highest BCUT2D eigenvalue weighted by Crippen LogP contribution is 2.41. The molecular formula is C48H45N7O5. The number of fused-ring (bicyclic) bond motifs is 3. The van der Waals surface area contributed by atoms with Gasteiger partial charge in [-0.25, -0.2) is 0 Å². The third-order valence-electron chi connectivity index (χ3n) is 11.2. The molecule has 0 bridgehead atoms. The third kappa shape index (κ3) is 7.71. The topological polar surface area (TPSA) is 162 Å². The van der Waals surface area contributed by atoms with Crippen LogP contribution in [-0.4, -0.2) is 57.0 Å². The first-order chi connectivity index (χ1) is 29.2. The maximum Gasteiger partial charge on any atom is 0.270 e. The Hall–Kier alpha value is -7.21. The van der Waals surface area contributed by atoms with E-state index in [9.17, 15) is 24.0 Å². The molecule has 9 rings (SSSR count). The number of amides is 5. The van der Waals surface area contributed by atoms with E-state index >= 15 is 0 Å². The fourth-order valence-corrected chi connectivity index (χ4v) is 8.14. The lowest BCUT2D eigenvalue weighted by molar-refractivity contribution is -0.137. The van der Waals surface area contributed by atoms with Gasteiger partial charge >= 0.3 is 0 Å². The number of benzene rings is 4. The van der Waals surface area contributed by atoms with E-state index in [1.54, 1.807) is 23.2 Å². The highest BCUT2D eigenvalue weighted by molar-refractivity contribution is 6.07. The maximum absolute atomic E-state index is 13.4. The molecule has 5 amide bonds. The Bertz CT molecular complexity index is 2690. The Kier molecular flexibility index (Phi) is 11.2. The number of hydrogen-bond acceptors (Lipinski definition) is 8. The van der Waals surface area contributed by atoms with Gasteiger partial charge in [-0.3, -0.25) is 39.3 Å². The van der Waals surface area contributed by atoms with Gasteiger partial charge in [-0.05, 0) is 94.1 Å². The average molecular weight is 800 g/mol. The van der Waals surface area contributed by atoms with Crippen molar-refractivity contribution in [3.8, 4) is 33.5 Å². The maximum atomic E-state index is 13.4. The number of pyridine rings is 2. The molecule has 3 aliphatic rings. The number of aryl methyl sites for hydroxylation is 1. The second kappa shape index (κ2) is 16.9. The van der Waals surface area contributed by atoms with Crippen LogP contribution in [0.5, 0.6) is 0 Å². The highest BCUT2D eigenvalue weighted by atomic mass is 16.2. The number of nitrogens with one attached hydrogen (secondary N) is 4. The van der Waals surface area contributed by atoms with Crippen molar-refractivity contribution >= 4 is 51.7 Å². The predicted molar refractivity (Wildman–Crippen MR) is 232 cm³/mol. The van der Waals surface area contributed by atoms with Crippen LogP contribution < -0.4 is 21.3 Å². The number of hydrogen-bond donors (Lipinski definition) is 4. The summed E-state index contributed by atoms with van der Waals surface area (Å²) in [4.78, 5) is 74.1. The van der Waals surface area contributed by atoms with Crippen LogP contribution in [0, 0.1) is 0 Å². The Morgan fingerprint density at radius 3 is 2.35 bits per heavy atom. The molecule has 0 radical (unpaired) electrons. The summed E-state index contributed by atoms with van der Waals surface area (Å²) >= 11 is 0. The van der Waals surface area contributed by atoms with Crippen LogP contribution >= 0.6 is 0 Å². The summed E-state index contributed by atoms with van der Waals surface area (Å²) in [5, 5.41) is 13.8. The fourth-order valence-electron chi connectivity index (χ4n) is 8.14. The van der Waals surface area contributed by atoms with Crippen molar-refractivity contribution in [2.24, 2.45) is 0 Å². The molecule has 1 fully saturated rings. The van der Waals surface area contributed by atoms with Crippen molar-refractivity contribution in [1.29, 1.82) is 0 Å². The van der Waals surface area contributed by atoms with Gasteiger partial charge in [0.15, 0.2) is 0 Å². The smallest absolute Gasteiger partial charge is 0.270 e. The summed E-state index contributed by atoms with van der Waals surface area (Å²) in [5.41, 5.74) is 10.6. The molecule has 1 unspecified atom stereocenters. The lowest BCUT2D eigenvalue weighted by Gasteiger charge is -2.29. The zero-order chi connectivity index (χ0) is 41.9. The minimum atomic E-state index is -0.692. The molecule has 0 aliphatic carbocycles. The van der Waals surface area contributed by atoms with E-state index in [0.717, 1.165) is 78.8 Å². The van der Waals surface area contributed by atoms with Crippen LogP contribution in [0.3, 0.4) is 0 Å². The molecule has 60 heavy (non-hydrogen) atoms. The van der Waals surface area contributed by atoms with Crippen LogP contribution in [0.1, 0.15) is 77.6 Å². The van der Waals surface area contributed by atoms with Gasteiger partial charge in [0.05, 0.1) is 17.1 Å². The third-order valence-corrected chi connectivity index (χ3v) is 11.2. The number of anilines is 2. The minimum absolute atomic E-state index is 0.00700. The highest BCUT2D eigenvalue weighted by Gasteiger charge is 2.40. The van der Waals surface area contributed by atoms with Gasteiger partial charge in [0.1, 0.15) is 11.7 Å². The standard InChI is InChI=1S/C46H39N7O5.C2H6/c1-2-26-19-34(43-39(20-26)51-42(55)16-17-47-43)32-10-4-8-29-21-38(49-24-35(29)32)30-12-13-37(48-23-30)44(56)50-22-27-6-3-7-28(18-27)31-9-5-11-33-36(31)25-53(46(33)58)40-14-15-41(54)52-45(40)57;1-2/h3-13,18-21,23-24,40,47H,2,14-17,22,25H2,1H3,(H,50,56)(H,51,55)(H,52,54,57);1-2H3. The Labute approximate surface area is 347 Å². The van der Waals surface area contributed by atoms with Gasteiger partial charge in [0, 0.05) is 66.9 Å². The summed E-state index contributed by atoms with van der Waals surface area (Å²) in [6.07, 6.45) is 5.24. The number of rotatable bonds is 8. The quantitative estimate of drug-likeness (QED) is 0.114. The molecule has 12 heteroatoms. The van der Waals surface area contributed by atoms with Crippen molar-refractivity contribution < 1.29 is 24.0 Å². The van der Waals surface area contributed by atoms with Crippen LogP contribution in [0.2, 0.25) is 0 Å². The first kappa shape index (κ1) is 39.6. The van der Waals surface area contributed by atoms with Crippen LogP contribution in [0.15, 0.2) is 103 Å². The van der Waals surface area contributed by atoms with Crippen LogP contribution in [0.25, 0.3) is 44.3 Å². The van der Waals surface area contributed by atoms with E-state index in [4.69, 9.17) is 4.98 Å². The summed E-state index contributed by atoms with van der Waals surface area (Å²) in [6, 6.07) is 28.5. The first-order valence-electron chi connectivity index (χ1n) is 20.4. The molecule has 2 aromatic heterocycles. The van der Waals surface area contributed by atoms with E-state index in [0.29, 0.717) is 24.9 Å². The molecule has 302 valence electrons. The van der Waals surface area contributed by atoms with Crippen molar-refractivity contribution in [2.45, 2.75) is 65.6 Å². The van der Waals surface area contributed by atoms with E-state index in [2.05, 4.69) is 45.3 Å². The Morgan fingerprint density at radius 1 is 0.767 bits per heavy atom. The zero-order valence-electron chi connectivity index (χ0n) is 33.7. The number of carbonyl (C=O) groups excluding carboxylic acids is 5. The summed E-state index contributed by atoms with van der Waals surface area (Å²) in [5.74, 6) is -1.32. The Morgan fingerprint density at radius 2 is 1.55 bits per heavy atom. The minimum Gasteiger partial charge on any atom is -0.382 e. The predicted octanol–water partition coefficient (Wildman–Crippen LogP) is 7.66. The van der Waals surface area contributed by atoms with Crippen molar-refractivity contribution in [1.82, 2.24) is 25.5 Å². The molecule has 4 aromatic carbocycles. The normalized spacial score (nSPS) is 15.8. The lowest BCUT2D eigenvalue weighted by Crippen LogP contribution is -2.52. The van der Waals surface area contributed by atoms with Crippen molar-refractivity contribution in [3.05, 3.63) is 131 Å². The lowest BCUT2D eigenvalue weighted by atomic mass is 9.94. The van der Waals surface area contributed by atoms with Gasteiger partial charge in [-0.1, -0.05) is 69.3 Å². The molecule has 1 saturated heterocycles. The monoisotopic (exact) mass is 799 g/mol. The molecular weight excluding hydrogens is 755 g/mol. The van der Waals surface area contributed by atoms with Gasteiger partial charge in [0.25, 0.3) is 11.8 Å². The molecule has 5 heterocycles. The van der Waals surface area contributed by atoms with E-state index in [1.165, 1.54) is 0 Å². The average Bonchev–Trinajstić information content (AvgIpc) is 3.49.